The molecule has 0 bridgehead atoms. The molecule has 0 saturated carbocycles. The van der Waals surface area contributed by atoms with Crippen molar-refractivity contribution in [1.29, 1.82) is 0 Å². The molecule has 2 rings (SSSR count). The van der Waals surface area contributed by atoms with Crippen molar-refractivity contribution in [3.05, 3.63) is 28.8 Å². The zero-order chi connectivity index (χ0) is 17.7. The minimum absolute atomic E-state index is 0. The van der Waals surface area contributed by atoms with Gasteiger partial charge in [0.2, 0.25) is 0 Å². The summed E-state index contributed by atoms with van der Waals surface area (Å²) in [6.45, 7) is 7.42. The lowest BCUT2D eigenvalue weighted by atomic mass is 10.1. The second-order valence-corrected chi connectivity index (χ2v) is 7.45. The van der Waals surface area contributed by atoms with E-state index in [-0.39, 0.29) is 35.9 Å². The van der Waals surface area contributed by atoms with Gasteiger partial charge in [-0.15, -0.1) is 12.4 Å². The van der Waals surface area contributed by atoms with Crippen molar-refractivity contribution in [3.63, 3.8) is 0 Å². The van der Waals surface area contributed by atoms with E-state index < -0.39 is 0 Å². The number of halogens is 2. The van der Waals surface area contributed by atoms with Crippen LogP contribution in [0.25, 0.3) is 0 Å². The topological polar surface area (TPSA) is 82.3 Å². The monoisotopic (exact) mass is 388 g/mol. The second kappa shape index (κ2) is 9.27. The Labute approximate surface area is 159 Å². The van der Waals surface area contributed by atoms with Crippen molar-refractivity contribution < 1.29 is 9.59 Å². The maximum Gasteiger partial charge on any atom is 0.319 e. The van der Waals surface area contributed by atoms with Crippen LogP contribution in [0.1, 0.15) is 44.0 Å². The molecule has 3 amide bonds. The number of urea groups is 1. The van der Waals surface area contributed by atoms with Gasteiger partial charge in [0.15, 0.2) is 0 Å². The zero-order valence-electron chi connectivity index (χ0n) is 14.7. The molecular weight excluding hydrogens is 363 g/mol. The van der Waals surface area contributed by atoms with Gasteiger partial charge in [-0.25, -0.2) is 4.79 Å². The average molecular weight is 389 g/mol. The molecule has 8 heteroatoms. The molecule has 1 aromatic carbocycles. The summed E-state index contributed by atoms with van der Waals surface area (Å²) in [5.74, 6) is -0.228. The van der Waals surface area contributed by atoms with E-state index in [0.29, 0.717) is 16.3 Å². The highest BCUT2D eigenvalue weighted by Gasteiger charge is 2.19. The Morgan fingerprint density at radius 2 is 2.00 bits per heavy atom. The van der Waals surface area contributed by atoms with Crippen LogP contribution >= 0.6 is 24.0 Å². The van der Waals surface area contributed by atoms with Crippen LogP contribution in [0.2, 0.25) is 5.02 Å². The number of anilines is 1. The molecule has 0 radical (unpaired) electrons. The average Bonchev–Trinajstić information content (AvgIpc) is 2.48. The van der Waals surface area contributed by atoms with Crippen molar-refractivity contribution in [2.75, 3.05) is 18.4 Å². The fraction of sp³-hybridized carbons (Fsp3) is 0.529. The van der Waals surface area contributed by atoms with Gasteiger partial charge in [0.25, 0.3) is 5.91 Å². The van der Waals surface area contributed by atoms with E-state index in [1.165, 1.54) is 0 Å². The number of hydrogen-bond donors (Lipinski definition) is 4. The van der Waals surface area contributed by atoms with Gasteiger partial charge >= 0.3 is 6.03 Å². The molecule has 4 N–H and O–H groups in total. The van der Waals surface area contributed by atoms with Gasteiger partial charge in [0.05, 0.1) is 10.6 Å². The molecule has 1 saturated heterocycles. The van der Waals surface area contributed by atoms with Crippen LogP contribution in [-0.4, -0.2) is 36.6 Å². The zero-order valence-corrected chi connectivity index (χ0v) is 16.3. The maximum absolute atomic E-state index is 12.4. The van der Waals surface area contributed by atoms with Crippen molar-refractivity contribution >= 4 is 41.6 Å². The predicted molar refractivity (Wildman–Crippen MR) is 104 cm³/mol. The van der Waals surface area contributed by atoms with Crippen LogP contribution in [0.3, 0.4) is 0 Å². The second-order valence-electron chi connectivity index (χ2n) is 7.04. The predicted octanol–water partition coefficient (Wildman–Crippen LogP) is 3.16. The highest BCUT2D eigenvalue weighted by atomic mass is 35.5. The summed E-state index contributed by atoms with van der Waals surface area (Å²) in [6, 6.07) is 4.65. The Hall–Kier alpha value is -1.50. The molecule has 0 aromatic heterocycles. The SMILES string of the molecule is CC(C)(C)NC(=O)Nc1ccc(Cl)c(C(=O)NC2CCCNC2)c1.Cl. The summed E-state index contributed by atoms with van der Waals surface area (Å²) in [5.41, 5.74) is 0.536. The van der Waals surface area contributed by atoms with E-state index in [1.807, 2.05) is 20.8 Å². The molecule has 1 heterocycles. The number of amides is 3. The molecule has 0 spiro atoms. The first kappa shape index (κ1) is 21.5. The number of carbonyl (C=O) groups excluding carboxylic acids is 2. The molecule has 1 aliphatic rings. The van der Waals surface area contributed by atoms with Crippen LogP contribution in [0.15, 0.2) is 18.2 Å². The summed E-state index contributed by atoms with van der Waals surface area (Å²) in [6.07, 6.45) is 1.98. The smallest absolute Gasteiger partial charge is 0.319 e. The van der Waals surface area contributed by atoms with Gasteiger partial charge < -0.3 is 21.3 Å². The van der Waals surface area contributed by atoms with E-state index in [4.69, 9.17) is 11.6 Å². The first-order valence-corrected chi connectivity index (χ1v) is 8.53. The van der Waals surface area contributed by atoms with Gasteiger partial charge in [-0.2, -0.15) is 0 Å². The first-order chi connectivity index (χ1) is 11.2. The number of hydrogen-bond acceptors (Lipinski definition) is 3. The van der Waals surface area contributed by atoms with E-state index in [2.05, 4.69) is 21.3 Å². The fourth-order valence-electron chi connectivity index (χ4n) is 2.52. The van der Waals surface area contributed by atoms with Crippen molar-refractivity contribution in [2.24, 2.45) is 0 Å². The maximum atomic E-state index is 12.4. The summed E-state index contributed by atoms with van der Waals surface area (Å²) in [7, 11) is 0. The Morgan fingerprint density at radius 1 is 1.28 bits per heavy atom. The van der Waals surface area contributed by atoms with Gasteiger partial charge in [0, 0.05) is 23.8 Å². The first-order valence-electron chi connectivity index (χ1n) is 8.15. The molecule has 1 atom stereocenters. The van der Waals surface area contributed by atoms with Crippen LogP contribution in [-0.2, 0) is 0 Å². The molecule has 1 aliphatic heterocycles. The third-order valence-corrected chi connectivity index (χ3v) is 3.92. The van der Waals surface area contributed by atoms with Crippen LogP contribution < -0.4 is 21.3 Å². The van der Waals surface area contributed by atoms with Crippen LogP contribution in [0.5, 0.6) is 0 Å². The lowest BCUT2D eigenvalue weighted by Gasteiger charge is -2.24. The molecule has 0 aliphatic carbocycles. The van der Waals surface area contributed by atoms with E-state index in [9.17, 15) is 9.59 Å². The van der Waals surface area contributed by atoms with Gasteiger partial charge in [-0.05, 0) is 58.4 Å². The molecule has 25 heavy (non-hydrogen) atoms. The molecule has 1 aromatic rings. The van der Waals surface area contributed by atoms with E-state index >= 15 is 0 Å². The fourth-order valence-corrected chi connectivity index (χ4v) is 2.72. The number of rotatable bonds is 3. The minimum Gasteiger partial charge on any atom is -0.348 e. The van der Waals surface area contributed by atoms with Crippen LogP contribution in [0.4, 0.5) is 10.5 Å². The van der Waals surface area contributed by atoms with Gasteiger partial charge in [-0.1, -0.05) is 11.6 Å². The van der Waals surface area contributed by atoms with E-state index in [0.717, 1.165) is 25.9 Å². The lowest BCUT2D eigenvalue weighted by Crippen LogP contribution is -2.45. The quantitative estimate of drug-likeness (QED) is 0.641. The normalized spacial score (nSPS) is 17.2. The Morgan fingerprint density at radius 3 is 2.60 bits per heavy atom. The van der Waals surface area contributed by atoms with Crippen molar-refractivity contribution in [1.82, 2.24) is 16.0 Å². The van der Waals surface area contributed by atoms with Crippen LogP contribution in [0, 0.1) is 0 Å². The summed E-state index contributed by atoms with van der Waals surface area (Å²) < 4.78 is 0. The summed E-state index contributed by atoms with van der Waals surface area (Å²) in [5, 5.41) is 12.1. The third kappa shape index (κ3) is 7.10. The number of piperidine rings is 1. The highest BCUT2D eigenvalue weighted by molar-refractivity contribution is 6.34. The number of benzene rings is 1. The number of carbonyl (C=O) groups is 2. The Bertz CT molecular complexity index is 611. The number of nitrogens with one attached hydrogen (secondary N) is 4. The molecule has 1 unspecified atom stereocenters. The van der Waals surface area contributed by atoms with Gasteiger partial charge in [-0.3, -0.25) is 4.79 Å². The van der Waals surface area contributed by atoms with Crippen molar-refractivity contribution in [2.45, 2.75) is 45.2 Å². The molecule has 6 nitrogen and oxygen atoms in total. The molecule has 140 valence electrons. The standard InChI is InChI=1S/C17H25ClN4O2.ClH/c1-17(2,3)22-16(24)21-11-6-7-14(18)13(9-11)15(23)20-12-5-4-8-19-10-12;/h6-7,9,12,19H,4-5,8,10H2,1-3H3,(H,20,23)(H2,21,22,24);1H. The minimum atomic E-state index is -0.343. The Kier molecular flexibility index (Phi) is 7.99. The van der Waals surface area contributed by atoms with E-state index in [1.54, 1.807) is 18.2 Å². The lowest BCUT2D eigenvalue weighted by molar-refractivity contribution is 0.0931. The molecular formula is C17H26Cl2N4O2. The van der Waals surface area contributed by atoms with Gasteiger partial charge in [0.1, 0.15) is 0 Å². The molecule has 1 fully saturated rings. The Balaban J connectivity index is 0.00000312. The highest BCUT2D eigenvalue weighted by Crippen LogP contribution is 2.21. The largest absolute Gasteiger partial charge is 0.348 e. The summed E-state index contributed by atoms with van der Waals surface area (Å²) >= 11 is 6.15. The third-order valence-electron chi connectivity index (χ3n) is 3.59. The van der Waals surface area contributed by atoms with Crippen molar-refractivity contribution in [3.8, 4) is 0 Å². The summed E-state index contributed by atoms with van der Waals surface area (Å²) in [4.78, 5) is 24.4.